The molecule has 134 valence electrons. The zero-order valence-electron chi connectivity index (χ0n) is 14.4. The highest BCUT2D eigenvalue weighted by atomic mass is 19.2. The summed E-state index contributed by atoms with van der Waals surface area (Å²) < 4.78 is 54.2. The van der Waals surface area contributed by atoms with Crippen LogP contribution >= 0.6 is 0 Å². The average Bonchev–Trinajstić information content (AvgIpc) is 2.67. The number of methoxy groups -OCH3 is 1. The number of benzene rings is 3. The van der Waals surface area contributed by atoms with Gasteiger partial charge in [0.1, 0.15) is 17.3 Å². The quantitative estimate of drug-likeness (QED) is 0.509. The molecule has 0 fully saturated rings. The topological polar surface area (TPSA) is 18.5 Å². The van der Waals surface area contributed by atoms with Crippen LogP contribution in [0.3, 0.4) is 0 Å². The molecule has 26 heavy (non-hydrogen) atoms. The molecule has 0 radical (unpaired) electrons. The third-order valence-corrected chi connectivity index (χ3v) is 4.01. The Bertz CT molecular complexity index is 963. The van der Waals surface area contributed by atoms with Crippen molar-refractivity contribution in [1.29, 1.82) is 0 Å². The van der Waals surface area contributed by atoms with Crippen LogP contribution in [0.5, 0.6) is 11.5 Å². The lowest BCUT2D eigenvalue weighted by atomic mass is 10.0. The van der Waals surface area contributed by atoms with Crippen molar-refractivity contribution in [1.82, 2.24) is 0 Å². The van der Waals surface area contributed by atoms with E-state index >= 15 is 0 Å². The van der Waals surface area contributed by atoms with E-state index in [1.165, 1.54) is 49.6 Å². The van der Waals surface area contributed by atoms with E-state index in [2.05, 4.69) is 0 Å². The molecular weight excluding hydrogens is 341 g/mol. The fourth-order valence-electron chi connectivity index (χ4n) is 2.68. The van der Waals surface area contributed by atoms with Gasteiger partial charge in [-0.1, -0.05) is 6.07 Å². The van der Waals surface area contributed by atoms with E-state index < -0.39 is 23.0 Å². The third kappa shape index (κ3) is 3.38. The molecule has 0 unspecified atom stereocenters. The maximum atomic E-state index is 14.7. The number of rotatable bonds is 5. The summed E-state index contributed by atoms with van der Waals surface area (Å²) in [6, 6.07) is 13.3. The minimum absolute atomic E-state index is 0.0141. The lowest BCUT2D eigenvalue weighted by Crippen LogP contribution is -1.93. The van der Waals surface area contributed by atoms with Gasteiger partial charge in [0.25, 0.3) is 0 Å². The van der Waals surface area contributed by atoms with E-state index in [9.17, 15) is 13.2 Å². The van der Waals surface area contributed by atoms with Gasteiger partial charge in [0, 0.05) is 16.5 Å². The Balaban J connectivity index is 2.03. The predicted octanol–water partition coefficient (Wildman–Crippen LogP) is 6.15. The molecule has 0 saturated carbocycles. The third-order valence-electron chi connectivity index (χ3n) is 4.01. The summed E-state index contributed by atoms with van der Waals surface area (Å²) in [7, 11) is 1.50. The fourth-order valence-corrected chi connectivity index (χ4v) is 2.68. The standard InChI is InChI=1S/C21H17F3O2/c1-3-26-15-7-4-13(5-8-15)19(22)21(24)18-10-6-14-12-16(25-2)9-11-17(14)20(18)23/h4-12H,3H2,1-2H3. The van der Waals surface area contributed by atoms with Crippen LogP contribution in [0.1, 0.15) is 18.1 Å². The molecule has 0 aliphatic heterocycles. The molecule has 0 aliphatic rings. The highest BCUT2D eigenvalue weighted by Crippen LogP contribution is 2.34. The first-order valence-corrected chi connectivity index (χ1v) is 8.10. The summed E-state index contributed by atoms with van der Waals surface area (Å²) >= 11 is 0. The molecule has 5 heteroatoms. The van der Waals surface area contributed by atoms with Crippen molar-refractivity contribution >= 4 is 22.4 Å². The molecule has 0 aromatic heterocycles. The summed E-state index contributed by atoms with van der Waals surface area (Å²) in [4.78, 5) is 0. The fraction of sp³-hybridized carbons (Fsp3) is 0.143. The van der Waals surface area contributed by atoms with Crippen molar-refractivity contribution in [3.63, 3.8) is 0 Å². The number of halogens is 3. The molecule has 2 nitrogen and oxygen atoms in total. The van der Waals surface area contributed by atoms with Crippen LogP contribution in [-0.4, -0.2) is 13.7 Å². The van der Waals surface area contributed by atoms with Gasteiger partial charge in [0.2, 0.25) is 0 Å². The molecule has 0 amide bonds. The summed E-state index contributed by atoms with van der Waals surface area (Å²) in [5.74, 6) is -2.08. The van der Waals surface area contributed by atoms with Crippen molar-refractivity contribution < 1.29 is 22.6 Å². The monoisotopic (exact) mass is 358 g/mol. The Kier molecular flexibility index (Phi) is 5.16. The van der Waals surface area contributed by atoms with Crippen LogP contribution in [0.15, 0.2) is 54.6 Å². The smallest absolute Gasteiger partial charge is 0.169 e. The average molecular weight is 358 g/mol. The molecule has 0 atom stereocenters. The summed E-state index contributed by atoms with van der Waals surface area (Å²) in [5.41, 5.74) is -0.408. The van der Waals surface area contributed by atoms with Gasteiger partial charge in [0.05, 0.1) is 13.7 Å². The Morgan fingerprint density at radius 3 is 2.23 bits per heavy atom. The largest absolute Gasteiger partial charge is 0.497 e. The maximum absolute atomic E-state index is 14.7. The van der Waals surface area contributed by atoms with Gasteiger partial charge >= 0.3 is 0 Å². The Morgan fingerprint density at radius 2 is 1.58 bits per heavy atom. The Hall–Kier alpha value is -2.95. The molecule has 0 spiro atoms. The number of hydrogen-bond acceptors (Lipinski definition) is 2. The SMILES string of the molecule is CCOc1ccc(C(F)=C(F)c2ccc3cc(OC)ccc3c2F)cc1. The van der Waals surface area contributed by atoms with Crippen LogP contribution < -0.4 is 9.47 Å². The Labute approximate surface area is 149 Å². The Morgan fingerprint density at radius 1 is 0.885 bits per heavy atom. The van der Waals surface area contributed by atoms with E-state index in [1.54, 1.807) is 12.1 Å². The molecule has 3 aromatic rings. The van der Waals surface area contributed by atoms with Gasteiger partial charge < -0.3 is 9.47 Å². The molecule has 0 N–H and O–H groups in total. The predicted molar refractivity (Wildman–Crippen MR) is 97.1 cm³/mol. The van der Waals surface area contributed by atoms with Crippen LogP contribution in [-0.2, 0) is 0 Å². The zero-order chi connectivity index (χ0) is 18.7. The summed E-state index contributed by atoms with van der Waals surface area (Å²) in [6.45, 7) is 2.30. The van der Waals surface area contributed by atoms with Crippen molar-refractivity contribution in [2.24, 2.45) is 0 Å². The first kappa shape index (κ1) is 17.9. The molecular formula is C21H17F3O2. The number of fused-ring (bicyclic) bond motifs is 1. The van der Waals surface area contributed by atoms with E-state index in [1.807, 2.05) is 6.92 Å². The lowest BCUT2D eigenvalue weighted by molar-refractivity contribution is 0.340. The zero-order valence-corrected chi connectivity index (χ0v) is 14.4. The van der Waals surface area contributed by atoms with Gasteiger partial charge in [0.15, 0.2) is 11.7 Å². The molecule has 3 aromatic carbocycles. The molecule has 0 heterocycles. The highest BCUT2D eigenvalue weighted by molar-refractivity contribution is 5.91. The molecule has 0 bridgehead atoms. The molecule has 3 rings (SSSR count). The normalized spacial score (nSPS) is 12.0. The van der Waals surface area contributed by atoms with Gasteiger partial charge in [-0.3, -0.25) is 0 Å². The van der Waals surface area contributed by atoms with Crippen molar-refractivity contribution in [3.8, 4) is 11.5 Å². The first-order valence-electron chi connectivity index (χ1n) is 8.10. The first-order chi connectivity index (χ1) is 12.5. The van der Waals surface area contributed by atoms with Gasteiger partial charge in [-0.2, -0.15) is 0 Å². The van der Waals surface area contributed by atoms with Crippen molar-refractivity contribution in [2.45, 2.75) is 6.92 Å². The second-order valence-corrected chi connectivity index (χ2v) is 5.60. The van der Waals surface area contributed by atoms with Crippen LogP contribution in [0, 0.1) is 5.82 Å². The summed E-state index contributed by atoms with van der Waals surface area (Å²) in [6.07, 6.45) is 0. The van der Waals surface area contributed by atoms with E-state index in [0.717, 1.165) is 0 Å². The minimum Gasteiger partial charge on any atom is -0.497 e. The van der Waals surface area contributed by atoms with Crippen LogP contribution in [0.4, 0.5) is 13.2 Å². The van der Waals surface area contributed by atoms with Gasteiger partial charge in [-0.25, -0.2) is 13.2 Å². The second-order valence-electron chi connectivity index (χ2n) is 5.60. The van der Waals surface area contributed by atoms with E-state index in [4.69, 9.17) is 9.47 Å². The summed E-state index contributed by atoms with van der Waals surface area (Å²) in [5, 5.41) is 0.734. The van der Waals surface area contributed by atoms with Gasteiger partial charge in [-0.05, 0) is 60.8 Å². The van der Waals surface area contributed by atoms with Gasteiger partial charge in [-0.15, -0.1) is 0 Å². The molecule has 0 aliphatic carbocycles. The van der Waals surface area contributed by atoms with Crippen molar-refractivity contribution in [3.05, 3.63) is 71.5 Å². The number of hydrogen-bond donors (Lipinski definition) is 0. The maximum Gasteiger partial charge on any atom is 0.169 e. The minimum atomic E-state index is -1.25. The van der Waals surface area contributed by atoms with Crippen LogP contribution in [0.25, 0.3) is 22.4 Å². The lowest BCUT2D eigenvalue weighted by Gasteiger charge is -2.08. The van der Waals surface area contributed by atoms with E-state index in [0.29, 0.717) is 23.5 Å². The van der Waals surface area contributed by atoms with Crippen molar-refractivity contribution in [2.75, 3.05) is 13.7 Å². The second kappa shape index (κ2) is 7.52. The number of ether oxygens (including phenoxy) is 2. The molecule has 0 saturated heterocycles. The van der Waals surface area contributed by atoms with Crippen LogP contribution in [0.2, 0.25) is 0 Å². The van der Waals surface area contributed by atoms with E-state index in [-0.39, 0.29) is 10.9 Å². The highest BCUT2D eigenvalue weighted by Gasteiger charge is 2.17.